The molecule has 0 amide bonds. The summed E-state index contributed by atoms with van der Waals surface area (Å²) in [6.45, 7) is 2.04. The molecule has 0 fully saturated rings. The average molecular weight is 173 g/mol. The summed E-state index contributed by atoms with van der Waals surface area (Å²) >= 11 is 5.81. The molecule has 0 aliphatic heterocycles. The fourth-order valence-corrected chi connectivity index (χ4v) is 1.22. The molecular formula is C9H10ClF. The van der Waals surface area contributed by atoms with Gasteiger partial charge in [-0.05, 0) is 30.2 Å². The molecule has 0 spiro atoms. The van der Waals surface area contributed by atoms with Gasteiger partial charge in [-0.2, -0.15) is 0 Å². The Labute approximate surface area is 71.0 Å². The van der Waals surface area contributed by atoms with Crippen LogP contribution in [-0.4, -0.2) is 0 Å². The molecule has 0 aliphatic rings. The molecule has 0 radical (unpaired) electrons. The molecule has 1 rings (SSSR count). The van der Waals surface area contributed by atoms with Crippen LogP contribution in [-0.2, 0) is 6.42 Å². The van der Waals surface area contributed by atoms with Crippen molar-refractivity contribution in [1.29, 1.82) is 0 Å². The van der Waals surface area contributed by atoms with Gasteiger partial charge >= 0.3 is 0 Å². The highest BCUT2D eigenvalue weighted by atomic mass is 35.5. The zero-order valence-corrected chi connectivity index (χ0v) is 7.16. The monoisotopic (exact) mass is 172 g/mol. The minimum Gasteiger partial charge on any atom is -0.207 e. The second kappa shape index (κ2) is 3.72. The van der Waals surface area contributed by atoms with Crippen molar-refractivity contribution >= 4 is 11.6 Å². The van der Waals surface area contributed by atoms with Crippen LogP contribution < -0.4 is 0 Å². The average Bonchev–Trinajstić information content (AvgIpc) is 1.98. The van der Waals surface area contributed by atoms with Crippen molar-refractivity contribution in [1.82, 2.24) is 0 Å². The van der Waals surface area contributed by atoms with Gasteiger partial charge in [0.15, 0.2) is 0 Å². The van der Waals surface area contributed by atoms with E-state index in [-0.39, 0.29) is 5.82 Å². The fraction of sp³-hybridized carbons (Fsp3) is 0.333. The van der Waals surface area contributed by atoms with Gasteiger partial charge in [0.2, 0.25) is 0 Å². The number of aryl methyl sites for hydroxylation is 1. The van der Waals surface area contributed by atoms with Crippen LogP contribution in [0, 0.1) is 5.82 Å². The predicted molar refractivity (Wildman–Crippen MR) is 45.4 cm³/mol. The van der Waals surface area contributed by atoms with Gasteiger partial charge in [0, 0.05) is 5.02 Å². The van der Waals surface area contributed by atoms with Crippen molar-refractivity contribution in [3.63, 3.8) is 0 Å². The van der Waals surface area contributed by atoms with E-state index in [9.17, 15) is 4.39 Å². The van der Waals surface area contributed by atoms with E-state index in [0.717, 1.165) is 18.4 Å². The van der Waals surface area contributed by atoms with E-state index < -0.39 is 0 Å². The quantitative estimate of drug-likeness (QED) is 0.641. The van der Waals surface area contributed by atoms with Gasteiger partial charge in [-0.1, -0.05) is 24.9 Å². The topological polar surface area (TPSA) is 0 Å². The maximum atomic E-state index is 12.6. The Kier molecular flexibility index (Phi) is 2.89. The van der Waals surface area contributed by atoms with Crippen molar-refractivity contribution in [2.75, 3.05) is 0 Å². The van der Waals surface area contributed by atoms with Gasteiger partial charge in [-0.3, -0.25) is 0 Å². The highest BCUT2D eigenvalue weighted by Gasteiger charge is 1.99. The van der Waals surface area contributed by atoms with Crippen LogP contribution in [0.15, 0.2) is 18.2 Å². The summed E-state index contributed by atoms with van der Waals surface area (Å²) < 4.78 is 12.6. The third-order valence-corrected chi connectivity index (χ3v) is 1.90. The Balaban J connectivity index is 2.93. The lowest BCUT2D eigenvalue weighted by molar-refractivity contribution is 0.625. The number of hydrogen-bond donors (Lipinski definition) is 0. The van der Waals surface area contributed by atoms with Crippen LogP contribution in [0.4, 0.5) is 4.39 Å². The van der Waals surface area contributed by atoms with Gasteiger partial charge in [0.1, 0.15) is 5.82 Å². The highest BCUT2D eigenvalue weighted by Crippen LogP contribution is 2.18. The molecule has 0 saturated heterocycles. The lowest BCUT2D eigenvalue weighted by Gasteiger charge is -2.00. The van der Waals surface area contributed by atoms with Crippen LogP contribution in [0.25, 0.3) is 0 Å². The normalized spacial score (nSPS) is 10.1. The van der Waals surface area contributed by atoms with Crippen molar-refractivity contribution in [3.8, 4) is 0 Å². The van der Waals surface area contributed by atoms with E-state index in [1.54, 1.807) is 6.07 Å². The summed E-state index contributed by atoms with van der Waals surface area (Å²) in [5.74, 6) is -0.210. The third kappa shape index (κ3) is 2.19. The second-order valence-corrected chi connectivity index (χ2v) is 2.89. The first-order valence-corrected chi connectivity index (χ1v) is 4.05. The lowest BCUT2D eigenvalue weighted by Crippen LogP contribution is -1.86. The summed E-state index contributed by atoms with van der Waals surface area (Å²) in [6, 6.07) is 4.47. The van der Waals surface area contributed by atoms with Gasteiger partial charge in [0.25, 0.3) is 0 Å². The highest BCUT2D eigenvalue weighted by molar-refractivity contribution is 6.31. The minimum absolute atomic E-state index is 0.210. The number of hydrogen-bond acceptors (Lipinski definition) is 0. The Morgan fingerprint density at radius 1 is 1.45 bits per heavy atom. The predicted octanol–water partition coefficient (Wildman–Crippen LogP) is 3.43. The maximum absolute atomic E-state index is 12.6. The summed E-state index contributed by atoms with van der Waals surface area (Å²) in [4.78, 5) is 0. The third-order valence-electron chi connectivity index (χ3n) is 1.53. The molecule has 60 valence electrons. The molecule has 0 saturated carbocycles. The van der Waals surface area contributed by atoms with Gasteiger partial charge in [-0.25, -0.2) is 4.39 Å². The van der Waals surface area contributed by atoms with Crippen molar-refractivity contribution in [2.24, 2.45) is 0 Å². The summed E-state index contributed by atoms with van der Waals surface area (Å²) in [5, 5.41) is 0.660. The maximum Gasteiger partial charge on any atom is 0.123 e. The zero-order valence-electron chi connectivity index (χ0n) is 6.40. The molecule has 11 heavy (non-hydrogen) atoms. The summed E-state index contributed by atoms with van der Waals surface area (Å²) in [7, 11) is 0. The van der Waals surface area contributed by atoms with Gasteiger partial charge in [-0.15, -0.1) is 0 Å². The molecule has 1 aromatic rings. The van der Waals surface area contributed by atoms with E-state index >= 15 is 0 Å². The Bertz CT molecular complexity index is 245. The van der Waals surface area contributed by atoms with Gasteiger partial charge in [0.05, 0.1) is 0 Å². The van der Waals surface area contributed by atoms with E-state index in [1.807, 2.05) is 6.92 Å². The molecule has 0 bridgehead atoms. The van der Waals surface area contributed by atoms with Crippen molar-refractivity contribution in [3.05, 3.63) is 34.6 Å². The first-order chi connectivity index (χ1) is 5.24. The molecular weight excluding hydrogens is 163 g/mol. The Morgan fingerprint density at radius 2 is 2.18 bits per heavy atom. The molecule has 2 heteroatoms. The first kappa shape index (κ1) is 8.54. The van der Waals surface area contributed by atoms with Crippen molar-refractivity contribution in [2.45, 2.75) is 19.8 Å². The van der Waals surface area contributed by atoms with E-state index in [1.165, 1.54) is 12.1 Å². The van der Waals surface area contributed by atoms with Gasteiger partial charge < -0.3 is 0 Å². The molecule has 0 unspecified atom stereocenters. The number of benzene rings is 1. The van der Waals surface area contributed by atoms with E-state index in [2.05, 4.69) is 0 Å². The Hall–Kier alpha value is -0.560. The van der Waals surface area contributed by atoms with Crippen LogP contribution >= 0.6 is 11.6 Å². The second-order valence-electron chi connectivity index (χ2n) is 2.49. The summed E-state index contributed by atoms with van der Waals surface area (Å²) in [5.41, 5.74) is 0.897. The zero-order chi connectivity index (χ0) is 8.27. The van der Waals surface area contributed by atoms with Crippen LogP contribution in [0.3, 0.4) is 0 Å². The molecule has 0 heterocycles. The SMILES string of the molecule is CCCc1cc(F)ccc1Cl. The first-order valence-electron chi connectivity index (χ1n) is 3.68. The standard InChI is InChI=1S/C9H10ClF/c1-2-3-7-6-8(11)4-5-9(7)10/h4-6H,2-3H2,1H3. The minimum atomic E-state index is -0.210. The fourth-order valence-electron chi connectivity index (χ4n) is 1.00. The van der Waals surface area contributed by atoms with Crippen LogP contribution in [0.2, 0.25) is 5.02 Å². The largest absolute Gasteiger partial charge is 0.207 e. The smallest absolute Gasteiger partial charge is 0.123 e. The lowest BCUT2D eigenvalue weighted by atomic mass is 10.1. The van der Waals surface area contributed by atoms with Crippen LogP contribution in [0.1, 0.15) is 18.9 Å². The van der Waals surface area contributed by atoms with E-state index in [4.69, 9.17) is 11.6 Å². The molecule has 0 nitrogen and oxygen atoms in total. The van der Waals surface area contributed by atoms with Crippen molar-refractivity contribution < 1.29 is 4.39 Å². The molecule has 0 aromatic heterocycles. The molecule has 0 aliphatic carbocycles. The molecule has 0 N–H and O–H groups in total. The molecule has 0 atom stereocenters. The molecule has 1 aromatic carbocycles. The van der Waals surface area contributed by atoms with Crippen LogP contribution in [0.5, 0.6) is 0 Å². The summed E-state index contributed by atoms with van der Waals surface area (Å²) in [6.07, 6.45) is 1.83. The number of halogens is 2. The Morgan fingerprint density at radius 3 is 2.82 bits per heavy atom. The number of rotatable bonds is 2. The van der Waals surface area contributed by atoms with E-state index in [0.29, 0.717) is 5.02 Å².